The Bertz CT molecular complexity index is 887. The van der Waals surface area contributed by atoms with E-state index in [1.54, 1.807) is 11.3 Å². The Hall–Kier alpha value is -2.22. The van der Waals surface area contributed by atoms with Gasteiger partial charge in [0.1, 0.15) is 4.83 Å². The second kappa shape index (κ2) is 9.12. The van der Waals surface area contributed by atoms with Crippen molar-refractivity contribution < 1.29 is 9.59 Å². The fourth-order valence-corrected chi connectivity index (χ4v) is 4.54. The lowest BCUT2D eigenvalue weighted by atomic mass is 9.97. The lowest BCUT2D eigenvalue weighted by Gasteiger charge is -2.10. The van der Waals surface area contributed by atoms with Crippen LogP contribution in [-0.2, 0) is 29.0 Å². The van der Waals surface area contributed by atoms with Gasteiger partial charge in [0.2, 0.25) is 11.8 Å². The van der Waals surface area contributed by atoms with E-state index in [2.05, 4.69) is 15.6 Å². The number of aromatic nitrogens is 2. The molecule has 1 aliphatic rings. The average molecular weight is 391 g/mol. The molecule has 1 aliphatic carbocycles. The van der Waals surface area contributed by atoms with Crippen LogP contribution in [0.2, 0.25) is 0 Å². The van der Waals surface area contributed by atoms with Gasteiger partial charge in [0.15, 0.2) is 0 Å². The van der Waals surface area contributed by atoms with E-state index in [0.29, 0.717) is 19.6 Å². The van der Waals surface area contributed by atoms with Gasteiger partial charge in [0.05, 0.1) is 11.7 Å². The van der Waals surface area contributed by atoms with E-state index in [1.165, 1.54) is 22.2 Å². The molecule has 7 nitrogen and oxygen atoms in total. The van der Waals surface area contributed by atoms with Crippen molar-refractivity contribution in [3.05, 3.63) is 27.1 Å². The highest BCUT2D eigenvalue weighted by Crippen LogP contribution is 2.33. The van der Waals surface area contributed by atoms with Crippen LogP contribution in [0.1, 0.15) is 49.5 Å². The highest BCUT2D eigenvalue weighted by atomic mass is 32.1. The summed E-state index contributed by atoms with van der Waals surface area (Å²) in [5.74, 6) is -0.233. The predicted octanol–water partition coefficient (Wildman–Crippen LogP) is 1.76. The van der Waals surface area contributed by atoms with Gasteiger partial charge in [-0.25, -0.2) is 4.98 Å². The third-order valence-corrected chi connectivity index (χ3v) is 5.97. The van der Waals surface area contributed by atoms with Gasteiger partial charge in [-0.3, -0.25) is 19.0 Å². The number of rotatable bonds is 8. The van der Waals surface area contributed by atoms with Crippen LogP contribution in [0.15, 0.2) is 11.1 Å². The van der Waals surface area contributed by atoms with Crippen molar-refractivity contribution in [3.8, 4) is 0 Å². The molecule has 0 atom stereocenters. The first-order valence-electron chi connectivity index (χ1n) is 9.63. The Kier molecular flexibility index (Phi) is 6.60. The summed E-state index contributed by atoms with van der Waals surface area (Å²) in [6, 6.07) is 0. The van der Waals surface area contributed by atoms with Crippen molar-refractivity contribution in [2.24, 2.45) is 0 Å². The largest absolute Gasteiger partial charge is 0.356 e. The molecule has 0 unspecified atom stereocenters. The van der Waals surface area contributed by atoms with Crippen LogP contribution in [-0.4, -0.2) is 34.5 Å². The Morgan fingerprint density at radius 3 is 2.70 bits per heavy atom. The van der Waals surface area contributed by atoms with Gasteiger partial charge in [0, 0.05) is 37.4 Å². The highest BCUT2D eigenvalue weighted by Gasteiger charge is 2.20. The molecule has 0 spiro atoms. The Morgan fingerprint density at radius 2 is 1.89 bits per heavy atom. The van der Waals surface area contributed by atoms with Crippen LogP contribution in [0.25, 0.3) is 10.2 Å². The maximum atomic E-state index is 12.8. The number of amides is 2. The minimum absolute atomic E-state index is 0.0499. The van der Waals surface area contributed by atoms with E-state index >= 15 is 0 Å². The summed E-state index contributed by atoms with van der Waals surface area (Å²) < 4.78 is 1.53. The zero-order valence-electron chi connectivity index (χ0n) is 15.7. The summed E-state index contributed by atoms with van der Waals surface area (Å²) in [7, 11) is 0. The minimum atomic E-state index is -0.169. The highest BCUT2D eigenvalue weighted by molar-refractivity contribution is 7.18. The second-order valence-electron chi connectivity index (χ2n) is 6.83. The van der Waals surface area contributed by atoms with Gasteiger partial charge in [-0.15, -0.1) is 11.3 Å². The van der Waals surface area contributed by atoms with Crippen LogP contribution >= 0.6 is 11.3 Å². The van der Waals surface area contributed by atoms with Crippen molar-refractivity contribution in [3.63, 3.8) is 0 Å². The van der Waals surface area contributed by atoms with E-state index in [0.717, 1.165) is 41.5 Å². The van der Waals surface area contributed by atoms with Gasteiger partial charge in [-0.1, -0.05) is 6.92 Å². The summed E-state index contributed by atoms with van der Waals surface area (Å²) >= 11 is 1.62. The average Bonchev–Trinajstić information content (AvgIpc) is 3.05. The van der Waals surface area contributed by atoms with Crippen LogP contribution in [0, 0.1) is 0 Å². The van der Waals surface area contributed by atoms with E-state index in [1.807, 2.05) is 6.92 Å². The van der Waals surface area contributed by atoms with E-state index in [9.17, 15) is 14.4 Å². The summed E-state index contributed by atoms with van der Waals surface area (Å²) in [4.78, 5) is 42.9. The number of nitrogens with zero attached hydrogens (tertiary/aromatic N) is 2. The molecule has 0 saturated carbocycles. The molecule has 8 heteroatoms. The summed E-state index contributed by atoms with van der Waals surface area (Å²) in [5, 5.41) is 6.24. The number of carbonyl (C=O) groups is 2. The maximum absolute atomic E-state index is 12.8. The molecule has 2 N–H and O–H groups in total. The van der Waals surface area contributed by atoms with Gasteiger partial charge >= 0.3 is 0 Å². The van der Waals surface area contributed by atoms with Crippen molar-refractivity contribution in [2.75, 3.05) is 13.1 Å². The number of hydrogen-bond donors (Lipinski definition) is 2. The normalized spacial score (nSPS) is 13.4. The Labute approximate surface area is 162 Å². The molecule has 3 rings (SSSR count). The molecule has 27 heavy (non-hydrogen) atoms. The summed E-state index contributed by atoms with van der Waals surface area (Å²) in [6.07, 6.45) is 7.14. The molecule has 0 saturated heterocycles. The smallest absolute Gasteiger partial charge is 0.262 e. The van der Waals surface area contributed by atoms with Gasteiger partial charge in [-0.05, 0) is 37.7 Å². The first-order valence-corrected chi connectivity index (χ1v) is 10.4. The van der Waals surface area contributed by atoms with Crippen molar-refractivity contribution in [1.29, 1.82) is 0 Å². The van der Waals surface area contributed by atoms with E-state index in [4.69, 9.17) is 0 Å². The Morgan fingerprint density at radius 1 is 1.15 bits per heavy atom. The lowest BCUT2D eigenvalue weighted by molar-refractivity contribution is -0.122. The third kappa shape index (κ3) is 4.74. The first-order chi connectivity index (χ1) is 13.1. The van der Waals surface area contributed by atoms with Gasteiger partial charge in [-0.2, -0.15) is 0 Å². The molecule has 0 aliphatic heterocycles. The molecule has 2 aromatic heterocycles. The van der Waals surface area contributed by atoms with Crippen LogP contribution in [0.3, 0.4) is 0 Å². The topological polar surface area (TPSA) is 93.1 Å². The number of nitrogens with one attached hydrogen (secondary N) is 2. The number of fused-ring (bicyclic) bond motifs is 3. The monoisotopic (exact) mass is 390 g/mol. The van der Waals surface area contributed by atoms with E-state index < -0.39 is 0 Å². The fraction of sp³-hybridized carbons (Fsp3) is 0.579. The quantitative estimate of drug-likeness (QED) is 0.718. The SMILES string of the molecule is CCCNC(=O)CCNC(=O)CCn1cnc2sc3c(c2c1=O)CCCC3. The van der Waals surface area contributed by atoms with Crippen LogP contribution in [0.4, 0.5) is 0 Å². The molecular weight excluding hydrogens is 364 g/mol. The predicted molar refractivity (Wildman–Crippen MR) is 106 cm³/mol. The first kappa shape index (κ1) is 19.5. The molecule has 146 valence electrons. The fourth-order valence-electron chi connectivity index (χ4n) is 3.32. The minimum Gasteiger partial charge on any atom is -0.356 e. The number of carbonyl (C=O) groups excluding carboxylic acids is 2. The molecule has 0 radical (unpaired) electrons. The summed E-state index contributed by atoms with van der Waals surface area (Å²) in [6.45, 7) is 3.23. The molecular formula is C19H26N4O3S. The lowest BCUT2D eigenvalue weighted by Crippen LogP contribution is -2.32. The molecule has 2 amide bonds. The van der Waals surface area contributed by atoms with Gasteiger partial charge in [0.25, 0.3) is 5.56 Å². The maximum Gasteiger partial charge on any atom is 0.262 e. The molecule has 2 aromatic rings. The molecule has 0 bridgehead atoms. The van der Waals surface area contributed by atoms with Crippen molar-refractivity contribution in [1.82, 2.24) is 20.2 Å². The Balaban J connectivity index is 1.56. The van der Waals surface area contributed by atoms with E-state index in [-0.39, 0.29) is 30.2 Å². The third-order valence-electron chi connectivity index (χ3n) is 4.77. The van der Waals surface area contributed by atoms with Crippen LogP contribution in [0.5, 0.6) is 0 Å². The van der Waals surface area contributed by atoms with Gasteiger partial charge < -0.3 is 10.6 Å². The molecule has 0 aromatic carbocycles. The molecule has 0 fully saturated rings. The van der Waals surface area contributed by atoms with Crippen molar-refractivity contribution >= 4 is 33.4 Å². The number of thiophene rings is 1. The van der Waals surface area contributed by atoms with Crippen LogP contribution < -0.4 is 16.2 Å². The zero-order valence-corrected chi connectivity index (χ0v) is 16.5. The molecule has 2 heterocycles. The number of hydrogen-bond acceptors (Lipinski definition) is 5. The van der Waals surface area contributed by atoms with Crippen molar-refractivity contribution in [2.45, 2.75) is 58.4 Å². The standard InChI is InChI=1S/C19H26N4O3S/c1-2-9-20-15(24)7-10-21-16(25)8-11-23-12-22-18-17(19(23)26)13-5-3-4-6-14(13)27-18/h12H,2-11H2,1H3,(H,20,24)(H,21,25). The second-order valence-corrected chi connectivity index (χ2v) is 7.92. The summed E-state index contributed by atoms with van der Waals surface area (Å²) in [5.41, 5.74) is 1.11. The zero-order chi connectivity index (χ0) is 19.2. The number of aryl methyl sites for hydroxylation is 3.